The number of rotatable bonds is 4. The average molecular weight is 373 g/mol. The van der Waals surface area contributed by atoms with Gasteiger partial charge in [0.25, 0.3) is 11.6 Å². The topological polar surface area (TPSA) is 75.9 Å². The number of hydrogen-bond donors (Lipinski definition) is 0. The fourth-order valence-electron chi connectivity index (χ4n) is 3.21. The predicted molar refractivity (Wildman–Crippen MR) is 98.8 cm³/mol. The van der Waals surface area contributed by atoms with Crippen molar-refractivity contribution in [2.75, 3.05) is 38.2 Å². The van der Waals surface area contributed by atoms with Crippen molar-refractivity contribution in [2.24, 2.45) is 0 Å². The minimum Gasteiger partial charge on any atom is -0.494 e. The number of carbonyl (C=O) groups is 1. The maximum absolute atomic E-state index is 13.9. The van der Waals surface area contributed by atoms with Crippen molar-refractivity contribution in [3.63, 3.8) is 0 Å². The van der Waals surface area contributed by atoms with Crippen molar-refractivity contribution in [3.05, 3.63) is 64.0 Å². The summed E-state index contributed by atoms with van der Waals surface area (Å²) in [6.45, 7) is 1.91. The Morgan fingerprint density at radius 1 is 1.15 bits per heavy atom. The zero-order chi connectivity index (χ0) is 19.4. The van der Waals surface area contributed by atoms with Crippen LogP contribution in [0.3, 0.4) is 0 Å². The Hall–Kier alpha value is -3.16. The fraction of sp³-hybridized carbons (Fsp3) is 0.316. The van der Waals surface area contributed by atoms with Crippen LogP contribution in [0.25, 0.3) is 0 Å². The molecule has 2 aromatic rings. The van der Waals surface area contributed by atoms with Crippen LogP contribution in [-0.2, 0) is 0 Å². The summed E-state index contributed by atoms with van der Waals surface area (Å²) in [5, 5.41) is 11.4. The molecule has 7 nitrogen and oxygen atoms in total. The number of carbonyl (C=O) groups excluding carboxylic acids is 1. The van der Waals surface area contributed by atoms with E-state index in [1.165, 1.54) is 13.2 Å². The van der Waals surface area contributed by atoms with Crippen molar-refractivity contribution < 1.29 is 18.8 Å². The molecule has 0 N–H and O–H groups in total. The zero-order valence-electron chi connectivity index (χ0n) is 14.9. The van der Waals surface area contributed by atoms with E-state index >= 15 is 0 Å². The number of benzene rings is 2. The van der Waals surface area contributed by atoms with Gasteiger partial charge in [0.15, 0.2) is 11.6 Å². The third kappa shape index (κ3) is 3.99. The van der Waals surface area contributed by atoms with Crippen molar-refractivity contribution in [2.45, 2.75) is 6.42 Å². The first-order chi connectivity index (χ1) is 13.0. The van der Waals surface area contributed by atoms with E-state index in [4.69, 9.17) is 4.74 Å². The Bertz CT molecular complexity index is 844. The number of ether oxygens (including phenoxy) is 1. The Morgan fingerprint density at radius 2 is 1.89 bits per heavy atom. The maximum Gasteiger partial charge on any atom is 0.295 e. The van der Waals surface area contributed by atoms with Crippen LogP contribution in [0.2, 0.25) is 0 Å². The standard InChI is InChI=1S/C19H20FN3O4/c1-27-18-13-16(17(23(25)26)12-15(18)20)21-8-5-9-22(11-10-21)19(24)14-6-3-2-4-7-14/h2-4,6-7,12-13H,5,8-11H2,1H3. The summed E-state index contributed by atoms with van der Waals surface area (Å²) in [5.74, 6) is -0.885. The minimum atomic E-state index is -0.774. The van der Waals surface area contributed by atoms with Gasteiger partial charge in [-0.1, -0.05) is 18.2 Å². The second-order valence-electron chi connectivity index (χ2n) is 6.23. The second kappa shape index (κ2) is 8.03. The van der Waals surface area contributed by atoms with Crippen molar-refractivity contribution in [3.8, 4) is 5.75 Å². The summed E-state index contributed by atoms with van der Waals surface area (Å²) in [6, 6.07) is 11.2. The first kappa shape index (κ1) is 18.6. The predicted octanol–water partition coefficient (Wildman–Crippen LogP) is 3.10. The third-order valence-corrected chi connectivity index (χ3v) is 4.59. The number of methoxy groups -OCH3 is 1. The number of nitro groups is 1. The van der Waals surface area contributed by atoms with E-state index in [1.54, 1.807) is 21.9 Å². The highest BCUT2D eigenvalue weighted by molar-refractivity contribution is 5.94. The van der Waals surface area contributed by atoms with E-state index in [1.807, 2.05) is 18.2 Å². The summed E-state index contributed by atoms with van der Waals surface area (Å²) >= 11 is 0. The maximum atomic E-state index is 13.9. The number of nitro benzene ring substituents is 1. The molecule has 1 amide bonds. The van der Waals surface area contributed by atoms with Gasteiger partial charge < -0.3 is 14.5 Å². The van der Waals surface area contributed by atoms with Crippen molar-refractivity contribution in [1.82, 2.24) is 4.90 Å². The fourth-order valence-corrected chi connectivity index (χ4v) is 3.21. The lowest BCUT2D eigenvalue weighted by molar-refractivity contribution is -0.384. The van der Waals surface area contributed by atoms with Gasteiger partial charge in [0, 0.05) is 37.8 Å². The molecule has 0 aromatic heterocycles. The molecule has 0 atom stereocenters. The van der Waals surface area contributed by atoms with Crippen molar-refractivity contribution >= 4 is 17.3 Å². The van der Waals surface area contributed by atoms with Crippen LogP contribution in [0, 0.1) is 15.9 Å². The normalized spacial score (nSPS) is 14.6. The van der Waals surface area contributed by atoms with Crippen molar-refractivity contribution in [1.29, 1.82) is 0 Å². The molecule has 1 aliphatic rings. The summed E-state index contributed by atoms with van der Waals surface area (Å²) in [6.07, 6.45) is 0.648. The van der Waals surface area contributed by atoms with Gasteiger partial charge in [-0.25, -0.2) is 4.39 Å². The molecule has 0 spiro atoms. The van der Waals surface area contributed by atoms with Crippen LogP contribution in [0.15, 0.2) is 42.5 Å². The van der Waals surface area contributed by atoms with Gasteiger partial charge in [0.05, 0.1) is 18.1 Å². The van der Waals surface area contributed by atoms with Crippen LogP contribution >= 0.6 is 0 Å². The Balaban J connectivity index is 1.82. The van der Waals surface area contributed by atoms with E-state index in [2.05, 4.69) is 0 Å². The number of amides is 1. The second-order valence-corrected chi connectivity index (χ2v) is 6.23. The van der Waals surface area contributed by atoms with Gasteiger partial charge in [-0.05, 0) is 18.6 Å². The number of halogens is 1. The Kier molecular flexibility index (Phi) is 5.54. The highest BCUT2D eigenvalue weighted by atomic mass is 19.1. The first-order valence-electron chi connectivity index (χ1n) is 8.62. The molecule has 2 aromatic carbocycles. The van der Waals surface area contributed by atoms with Crippen LogP contribution in [0.4, 0.5) is 15.8 Å². The van der Waals surface area contributed by atoms with E-state index in [0.717, 1.165) is 6.07 Å². The summed E-state index contributed by atoms with van der Waals surface area (Å²) < 4.78 is 18.9. The molecule has 1 aliphatic heterocycles. The molecule has 0 aliphatic carbocycles. The monoisotopic (exact) mass is 373 g/mol. The molecule has 0 bridgehead atoms. The van der Waals surface area contributed by atoms with Gasteiger partial charge in [0.1, 0.15) is 5.69 Å². The molecule has 1 fully saturated rings. The molecular formula is C19H20FN3O4. The quantitative estimate of drug-likeness (QED) is 0.608. The van der Waals surface area contributed by atoms with E-state index in [0.29, 0.717) is 43.9 Å². The molecule has 0 saturated carbocycles. The largest absolute Gasteiger partial charge is 0.494 e. The van der Waals surface area contributed by atoms with E-state index in [-0.39, 0.29) is 17.3 Å². The van der Waals surface area contributed by atoms with Gasteiger partial charge >= 0.3 is 0 Å². The lowest BCUT2D eigenvalue weighted by atomic mass is 10.2. The third-order valence-electron chi connectivity index (χ3n) is 4.59. The van der Waals surface area contributed by atoms with Gasteiger partial charge in [-0.15, -0.1) is 0 Å². The summed E-state index contributed by atoms with van der Waals surface area (Å²) in [7, 11) is 1.32. The van der Waals surface area contributed by atoms with Crippen LogP contribution in [0.5, 0.6) is 5.75 Å². The highest BCUT2D eigenvalue weighted by Crippen LogP contribution is 2.35. The zero-order valence-corrected chi connectivity index (χ0v) is 14.9. The molecule has 3 rings (SSSR count). The Morgan fingerprint density at radius 3 is 2.56 bits per heavy atom. The molecule has 0 unspecified atom stereocenters. The van der Waals surface area contributed by atoms with Crippen LogP contribution < -0.4 is 9.64 Å². The lowest BCUT2D eigenvalue weighted by Gasteiger charge is -2.24. The molecule has 27 heavy (non-hydrogen) atoms. The summed E-state index contributed by atoms with van der Waals surface area (Å²) in [5.41, 5.74) is 0.601. The molecule has 1 saturated heterocycles. The first-order valence-corrected chi connectivity index (χ1v) is 8.62. The van der Waals surface area contributed by atoms with Gasteiger partial charge in [0.2, 0.25) is 0 Å². The molecule has 1 heterocycles. The average Bonchev–Trinajstić information content (AvgIpc) is 2.94. The van der Waals surface area contributed by atoms with E-state index < -0.39 is 10.7 Å². The van der Waals surface area contributed by atoms with Crippen LogP contribution in [-0.4, -0.2) is 49.0 Å². The summed E-state index contributed by atoms with van der Waals surface area (Å²) in [4.78, 5) is 27.0. The van der Waals surface area contributed by atoms with Gasteiger partial charge in [-0.3, -0.25) is 14.9 Å². The highest BCUT2D eigenvalue weighted by Gasteiger charge is 2.26. The van der Waals surface area contributed by atoms with Crippen LogP contribution in [0.1, 0.15) is 16.8 Å². The van der Waals surface area contributed by atoms with E-state index in [9.17, 15) is 19.3 Å². The number of hydrogen-bond acceptors (Lipinski definition) is 5. The number of anilines is 1. The number of nitrogens with zero attached hydrogens (tertiary/aromatic N) is 3. The SMILES string of the molecule is COc1cc(N2CCCN(C(=O)c3ccccc3)CC2)c([N+](=O)[O-])cc1F. The Labute approximate surface area is 156 Å². The minimum absolute atomic E-state index is 0.0444. The smallest absolute Gasteiger partial charge is 0.295 e. The molecule has 8 heteroatoms. The molecule has 142 valence electrons. The lowest BCUT2D eigenvalue weighted by Crippen LogP contribution is -2.35. The molecule has 0 radical (unpaired) electrons. The molecular weight excluding hydrogens is 353 g/mol. The van der Waals surface area contributed by atoms with Gasteiger partial charge in [-0.2, -0.15) is 0 Å².